The highest BCUT2D eigenvalue weighted by Crippen LogP contribution is 2.27. The zero-order valence-electron chi connectivity index (χ0n) is 14.3. The molecule has 0 bridgehead atoms. The summed E-state index contributed by atoms with van der Waals surface area (Å²) in [5, 5.41) is 2.93. The average Bonchev–Trinajstić information content (AvgIpc) is 2.60. The van der Waals surface area contributed by atoms with E-state index in [4.69, 9.17) is 4.74 Å². The lowest BCUT2D eigenvalue weighted by atomic mass is 9.91. The van der Waals surface area contributed by atoms with Crippen molar-refractivity contribution < 1.29 is 4.74 Å². The SMILES string of the molecule is CCOc1ncc([C@@H](C)CC[C@H](C)c2cnc(NC)nc2)cn1. The second kappa shape index (κ2) is 8.41. The third-order valence-corrected chi connectivity index (χ3v) is 3.99. The fourth-order valence-electron chi connectivity index (χ4n) is 2.34. The number of hydrogen-bond acceptors (Lipinski definition) is 6. The lowest BCUT2D eigenvalue weighted by Gasteiger charge is -2.15. The summed E-state index contributed by atoms with van der Waals surface area (Å²) in [7, 11) is 1.82. The molecule has 0 saturated heterocycles. The number of nitrogens with zero attached hydrogens (tertiary/aromatic N) is 4. The highest BCUT2D eigenvalue weighted by molar-refractivity contribution is 5.24. The van der Waals surface area contributed by atoms with E-state index >= 15 is 0 Å². The van der Waals surface area contributed by atoms with E-state index in [-0.39, 0.29) is 0 Å². The van der Waals surface area contributed by atoms with E-state index in [1.54, 1.807) is 0 Å². The Morgan fingerprint density at radius 2 is 1.39 bits per heavy atom. The highest BCUT2D eigenvalue weighted by Gasteiger charge is 2.12. The van der Waals surface area contributed by atoms with Gasteiger partial charge in [-0.05, 0) is 42.7 Å². The van der Waals surface area contributed by atoms with Gasteiger partial charge in [0.05, 0.1) is 6.61 Å². The molecule has 2 aromatic rings. The minimum Gasteiger partial charge on any atom is -0.464 e. The van der Waals surface area contributed by atoms with Crippen LogP contribution in [0.1, 0.15) is 56.6 Å². The van der Waals surface area contributed by atoms with Crippen molar-refractivity contribution in [1.82, 2.24) is 19.9 Å². The van der Waals surface area contributed by atoms with Crippen molar-refractivity contribution in [3.8, 4) is 6.01 Å². The highest BCUT2D eigenvalue weighted by atomic mass is 16.5. The molecule has 0 saturated carbocycles. The number of rotatable bonds is 8. The first-order valence-corrected chi connectivity index (χ1v) is 8.08. The summed E-state index contributed by atoms with van der Waals surface area (Å²) in [6.07, 6.45) is 9.64. The van der Waals surface area contributed by atoms with Crippen molar-refractivity contribution in [2.45, 2.75) is 45.4 Å². The van der Waals surface area contributed by atoms with E-state index in [0.717, 1.165) is 18.4 Å². The maximum absolute atomic E-state index is 5.27. The number of nitrogens with one attached hydrogen (secondary N) is 1. The normalized spacial score (nSPS) is 13.4. The van der Waals surface area contributed by atoms with Crippen LogP contribution in [0.15, 0.2) is 24.8 Å². The summed E-state index contributed by atoms with van der Waals surface area (Å²) in [4.78, 5) is 17.0. The molecule has 0 aliphatic heterocycles. The fourth-order valence-corrected chi connectivity index (χ4v) is 2.34. The van der Waals surface area contributed by atoms with Crippen LogP contribution in [0.2, 0.25) is 0 Å². The van der Waals surface area contributed by atoms with Crippen molar-refractivity contribution >= 4 is 5.95 Å². The molecule has 0 fully saturated rings. The molecule has 0 spiro atoms. The van der Waals surface area contributed by atoms with Gasteiger partial charge in [-0.3, -0.25) is 0 Å². The Kier molecular flexibility index (Phi) is 6.26. The molecule has 0 amide bonds. The van der Waals surface area contributed by atoms with E-state index in [1.165, 1.54) is 5.56 Å². The Morgan fingerprint density at radius 3 is 1.83 bits per heavy atom. The van der Waals surface area contributed by atoms with Gasteiger partial charge in [-0.15, -0.1) is 0 Å². The van der Waals surface area contributed by atoms with Crippen molar-refractivity contribution in [1.29, 1.82) is 0 Å². The van der Waals surface area contributed by atoms with Crippen molar-refractivity contribution in [3.63, 3.8) is 0 Å². The summed E-state index contributed by atoms with van der Waals surface area (Å²) in [5.74, 6) is 1.48. The molecule has 1 N–H and O–H groups in total. The van der Waals surface area contributed by atoms with Gasteiger partial charge in [-0.1, -0.05) is 13.8 Å². The summed E-state index contributed by atoms with van der Waals surface area (Å²) < 4.78 is 5.27. The Balaban J connectivity index is 1.88. The molecule has 124 valence electrons. The van der Waals surface area contributed by atoms with Gasteiger partial charge in [0.2, 0.25) is 5.95 Å². The van der Waals surface area contributed by atoms with E-state index < -0.39 is 0 Å². The molecule has 0 aliphatic rings. The largest absolute Gasteiger partial charge is 0.464 e. The molecule has 0 radical (unpaired) electrons. The first kappa shape index (κ1) is 17.1. The van der Waals surface area contributed by atoms with Crippen LogP contribution in [-0.4, -0.2) is 33.6 Å². The average molecular weight is 315 g/mol. The molecule has 2 aromatic heterocycles. The van der Waals surface area contributed by atoms with Crippen molar-refractivity contribution in [2.75, 3.05) is 19.0 Å². The Morgan fingerprint density at radius 1 is 0.913 bits per heavy atom. The van der Waals surface area contributed by atoms with Crippen LogP contribution in [0.4, 0.5) is 5.95 Å². The van der Waals surface area contributed by atoms with E-state index in [2.05, 4.69) is 39.1 Å². The van der Waals surface area contributed by atoms with Gasteiger partial charge in [-0.2, -0.15) is 0 Å². The smallest absolute Gasteiger partial charge is 0.316 e. The number of aromatic nitrogens is 4. The van der Waals surface area contributed by atoms with E-state index in [9.17, 15) is 0 Å². The zero-order valence-corrected chi connectivity index (χ0v) is 14.3. The number of ether oxygens (including phenoxy) is 1. The minimum absolute atomic E-state index is 0.408. The minimum atomic E-state index is 0.408. The quantitative estimate of drug-likeness (QED) is 0.805. The van der Waals surface area contributed by atoms with Crippen LogP contribution in [0.5, 0.6) is 6.01 Å². The lowest BCUT2D eigenvalue weighted by molar-refractivity contribution is 0.312. The van der Waals surface area contributed by atoms with Crippen LogP contribution in [0.25, 0.3) is 0 Å². The number of anilines is 1. The molecular weight excluding hydrogens is 290 g/mol. The van der Waals surface area contributed by atoms with E-state index in [0.29, 0.717) is 30.4 Å². The molecule has 0 aromatic carbocycles. The van der Waals surface area contributed by atoms with Gasteiger partial charge in [0.25, 0.3) is 0 Å². The molecule has 2 atom stereocenters. The lowest BCUT2D eigenvalue weighted by Crippen LogP contribution is -2.03. The van der Waals surface area contributed by atoms with Gasteiger partial charge < -0.3 is 10.1 Å². The molecule has 0 aliphatic carbocycles. The second-order valence-electron chi connectivity index (χ2n) is 5.70. The topological polar surface area (TPSA) is 72.8 Å². The van der Waals surface area contributed by atoms with Crippen LogP contribution in [0, 0.1) is 0 Å². The van der Waals surface area contributed by atoms with Crippen LogP contribution in [0.3, 0.4) is 0 Å². The third-order valence-electron chi connectivity index (χ3n) is 3.99. The predicted octanol–water partition coefficient (Wildman–Crippen LogP) is 3.39. The van der Waals surface area contributed by atoms with Gasteiger partial charge in [-0.25, -0.2) is 19.9 Å². The monoisotopic (exact) mass is 315 g/mol. The van der Waals surface area contributed by atoms with Crippen LogP contribution in [-0.2, 0) is 0 Å². The number of hydrogen-bond donors (Lipinski definition) is 1. The maximum atomic E-state index is 5.27. The first-order valence-electron chi connectivity index (χ1n) is 8.08. The van der Waals surface area contributed by atoms with Gasteiger partial charge in [0.15, 0.2) is 0 Å². The summed E-state index contributed by atoms with van der Waals surface area (Å²) in [6, 6.07) is 0.443. The Hall–Kier alpha value is -2.24. The molecule has 0 unspecified atom stereocenters. The second-order valence-corrected chi connectivity index (χ2v) is 5.70. The molecule has 6 heteroatoms. The summed E-state index contributed by atoms with van der Waals surface area (Å²) in [6.45, 7) is 6.92. The van der Waals surface area contributed by atoms with Gasteiger partial charge >= 0.3 is 6.01 Å². The van der Waals surface area contributed by atoms with E-state index in [1.807, 2.05) is 38.8 Å². The zero-order chi connectivity index (χ0) is 16.7. The van der Waals surface area contributed by atoms with Gasteiger partial charge in [0.1, 0.15) is 0 Å². The van der Waals surface area contributed by atoms with Crippen LogP contribution < -0.4 is 10.1 Å². The summed E-state index contributed by atoms with van der Waals surface area (Å²) in [5.41, 5.74) is 2.31. The Bertz CT molecular complexity index is 585. The Labute approximate surface area is 137 Å². The third kappa shape index (κ3) is 4.87. The van der Waals surface area contributed by atoms with Crippen LogP contribution >= 0.6 is 0 Å². The predicted molar refractivity (Wildman–Crippen MR) is 90.8 cm³/mol. The molecule has 6 nitrogen and oxygen atoms in total. The molecule has 2 heterocycles. The standard InChI is InChI=1S/C17H25N5O/c1-5-23-17-21-10-15(11-22-17)13(3)7-6-12(2)14-8-19-16(18-4)20-9-14/h8-13H,5-7H2,1-4H3,(H,18,19,20)/t12-,13-/m0/s1. The molecule has 23 heavy (non-hydrogen) atoms. The first-order chi connectivity index (χ1) is 11.1. The van der Waals surface area contributed by atoms with Gasteiger partial charge in [0, 0.05) is 31.8 Å². The maximum Gasteiger partial charge on any atom is 0.316 e. The van der Waals surface area contributed by atoms with Crippen molar-refractivity contribution in [3.05, 3.63) is 35.9 Å². The fraction of sp³-hybridized carbons (Fsp3) is 0.529. The summed E-state index contributed by atoms with van der Waals surface area (Å²) >= 11 is 0. The molecular formula is C17H25N5O. The molecule has 2 rings (SSSR count). The van der Waals surface area contributed by atoms with Crippen molar-refractivity contribution in [2.24, 2.45) is 0 Å².